The zero-order valence-electron chi connectivity index (χ0n) is 14.5. The highest BCUT2D eigenvalue weighted by Gasteiger charge is 2.39. The van der Waals surface area contributed by atoms with E-state index in [1.165, 1.54) is 6.20 Å². The molecule has 2 aromatic rings. The first-order valence-corrected chi connectivity index (χ1v) is 10.0. The molecule has 1 aliphatic heterocycles. The van der Waals surface area contributed by atoms with Crippen molar-refractivity contribution in [2.75, 3.05) is 4.90 Å². The molecular weight excluding hydrogens is 355 g/mol. The number of carbonyl (C=O) groups excluding carboxylic acids is 2. The molecule has 1 aromatic carbocycles. The van der Waals surface area contributed by atoms with E-state index < -0.39 is 19.4 Å². The molecule has 7 nitrogen and oxygen atoms in total. The van der Waals surface area contributed by atoms with Gasteiger partial charge in [-0.05, 0) is 31.5 Å². The monoisotopic (exact) mass is 374 g/mol. The average Bonchev–Trinajstić information content (AvgIpc) is 2.86. The molecule has 0 aliphatic carbocycles. The van der Waals surface area contributed by atoms with Crippen LogP contribution in [0.25, 0.3) is 0 Å². The summed E-state index contributed by atoms with van der Waals surface area (Å²) in [4.78, 5) is 40.5. The van der Waals surface area contributed by atoms with Crippen LogP contribution in [0.1, 0.15) is 46.5 Å². The number of imide groups is 1. The van der Waals surface area contributed by atoms with E-state index in [1.807, 2.05) is 6.92 Å². The fourth-order valence-electron chi connectivity index (χ4n) is 2.74. The van der Waals surface area contributed by atoms with Crippen molar-refractivity contribution < 1.29 is 23.6 Å². The molecule has 1 aliphatic rings. The second-order valence-electron chi connectivity index (χ2n) is 6.10. The van der Waals surface area contributed by atoms with Gasteiger partial charge in [-0.3, -0.25) is 14.2 Å². The topological polar surface area (TPSA) is 96.8 Å². The maximum absolute atomic E-state index is 12.7. The molecule has 3 rings (SSSR count). The van der Waals surface area contributed by atoms with Crippen molar-refractivity contribution in [2.45, 2.75) is 32.5 Å². The van der Waals surface area contributed by atoms with Gasteiger partial charge in [0, 0.05) is 11.8 Å². The Balaban J connectivity index is 1.95. The largest absolute Gasteiger partial charge is 0.332 e. The molecule has 2 amide bonds. The summed E-state index contributed by atoms with van der Waals surface area (Å²) in [6, 6.07) is 9.64. The van der Waals surface area contributed by atoms with Crippen LogP contribution in [-0.4, -0.2) is 27.8 Å². The van der Waals surface area contributed by atoms with Crippen LogP contribution in [0.15, 0.2) is 42.6 Å². The summed E-state index contributed by atoms with van der Waals surface area (Å²) in [6.07, 6.45) is 1.29. The molecule has 26 heavy (non-hydrogen) atoms. The normalized spacial score (nSPS) is 17.1. The smallest absolute Gasteiger partial charge is 0.324 e. The van der Waals surface area contributed by atoms with E-state index in [0.717, 1.165) is 4.90 Å². The van der Waals surface area contributed by atoms with Gasteiger partial charge in [-0.15, -0.1) is 0 Å². The van der Waals surface area contributed by atoms with Gasteiger partial charge in [0.1, 0.15) is 5.82 Å². The molecule has 0 spiro atoms. The van der Waals surface area contributed by atoms with Crippen LogP contribution in [0, 0.1) is 0 Å². The first kappa shape index (κ1) is 18.5. The van der Waals surface area contributed by atoms with Gasteiger partial charge < -0.3 is 9.42 Å². The van der Waals surface area contributed by atoms with Crippen LogP contribution < -0.4 is 4.90 Å². The minimum Gasteiger partial charge on any atom is -0.324 e. The first-order valence-electron chi connectivity index (χ1n) is 8.26. The quantitative estimate of drug-likeness (QED) is 0.615. The maximum atomic E-state index is 12.7. The summed E-state index contributed by atoms with van der Waals surface area (Å²) in [5.41, 5.74) is 0.880. The second-order valence-corrected chi connectivity index (χ2v) is 7.90. The van der Waals surface area contributed by atoms with Crippen LogP contribution in [0.4, 0.5) is 5.82 Å². The molecule has 8 heteroatoms. The average molecular weight is 374 g/mol. The summed E-state index contributed by atoms with van der Waals surface area (Å²) in [7, 11) is -3.96. The van der Waals surface area contributed by atoms with Gasteiger partial charge in [0.25, 0.3) is 11.8 Å². The van der Waals surface area contributed by atoms with Crippen LogP contribution in [0.3, 0.4) is 0 Å². The Kier molecular flexibility index (Phi) is 5.05. The molecular formula is C18H19N2O5P. The number of carbonyl (C=O) groups is 2. The standard InChI is InChI=1S/C18H19N2O5P/c1-3-12(2)25-26(23,24)11-13-7-6-10-19-16(13)20-17(21)14-8-4-5-9-15(14)18(20)22/h4-10,12H,3,11H2,1-2H3,(H,23,24). The summed E-state index contributed by atoms with van der Waals surface area (Å²) >= 11 is 0. The number of anilines is 1. The molecule has 2 heterocycles. The zero-order chi connectivity index (χ0) is 18.9. The predicted molar refractivity (Wildman–Crippen MR) is 96.2 cm³/mol. The molecule has 0 saturated heterocycles. The van der Waals surface area contributed by atoms with Gasteiger partial charge >= 0.3 is 7.60 Å². The lowest BCUT2D eigenvalue weighted by Crippen LogP contribution is -2.31. The van der Waals surface area contributed by atoms with Gasteiger partial charge in [-0.1, -0.05) is 25.1 Å². The van der Waals surface area contributed by atoms with E-state index in [9.17, 15) is 19.0 Å². The maximum Gasteiger partial charge on any atom is 0.332 e. The highest BCUT2D eigenvalue weighted by atomic mass is 31.2. The summed E-state index contributed by atoms with van der Waals surface area (Å²) in [5, 5.41) is 0. The third-order valence-electron chi connectivity index (χ3n) is 4.16. The number of amides is 2. The minimum atomic E-state index is -3.96. The lowest BCUT2D eigenvalue weighted by atomic mass is 10.1. The van der Waals surface area contributed by atoms with E-state index in [4.69, 9.17) is 4.52 Å². The molecule has 136 valence electrons. The summed E-state index contributed by atoms with van der Waals surface area (Å²) < 4.78 is 17.6. The number of hydrogen-bond acceptors (Lipinski definition) is 5. The van der Waals surface area contributed by atoms with E-state index in [-0.39, 0.29) is 29.2 Å². The number of rotatable bonds is 6. The van der Waals surface area contributed by atoms with Crippen LogP contribution >= 0.6 is 7.60 Å². The van der Waals surface area contributed by atoms with Crippen molar-refractivity contribution >= 4 is 25.2 Å². The SMILES string of the molecule is CCC(C)OP(=O)(O)Cc1cccnc1N1C(=O)c2ccccc2C1=O. The van der Waals surface area contributed by atoms with Gasteiger partial charge in [0.15, 0.2) is 0 Å². The van der Waals surface area contributed by atoms with Crippen molar-refractivity contribution in [3.05, 3.63) is 59.3 Å². The van der Waals surface area contributed by atoms with Crippen molar-refractivity contribution in [3.8, 4) is 0 Å². The molecule has 0 saturated carbocycles. The number of nitrogens with zero attached hydrogens (tertiary/aromatic N) is 2. The Labute approximate surface area is 151 Å². The lowest BCUT2D eigenvalue weighted by Gasteiger charge is -2.20. The lowest BCUT2D eigenvalue weighted by molar-refractivity contribution is 0.0924. The fraction of sp³-hybridized carbons (Fsp3) is 0.278. The van der Waals surface area contributed by atoms with E-state index >= 15 is 0 Å². The zero-order valence-corrected chi connectivity index (χ0v) is 15.3. The number of benzene rings is 1. The van der Waals surface area contributed by atoms with Crippen molar-refractivity contribution in [1.29, 1.82) is 0 Å². The van der Waals surface area contributed by atoms with Crippen molar-refractivity contribution in [2.24, 2.45) is 0 Å². The van der Waals surface area contributed by atoms with Gasteiger partial charge in [0.2, 0.25) is 0 Å². The molecule has 1 N–H and O–H groups in total. The minimum absolute atomic E-state index is 0.0562. The molecule has 2 atom stereocenters. The first-order chi connectivity index (χ1) is 12.3. The second kappa shape index (κ2) is 7.11. The number of fused-ring (bicyclic) bond motifs is 1. The number of hydrogen-bond donors (Lipinski definition) is 1. The Morgan fingerprint density at radius 1 is 1.15 bits per heavy atom. The van der Waals surface area contributed by atoms with Crippen molar-refractivity contribution in [3.63, 3.8) is 0 Å². The Hall–Kier alpha value is -2.34. The van der Waals surface area contributed by atoms with E-state index in [0.29, 0.717) is 12.0 Å². The molecule has 0 bridgehead atoms. The van der Waals surface area contributed by atoms with Gasteiger partial charge in [-0.25, -0.2) is 9.88 Å². The number of aromatic nitrogens is 1. The van der Waals surface area contributed by atoms with Gasteiger partial charge in [-0.2, -0.15) is 0 Å². The number of pyridine rings is 1. The van der Waals surface area contributed by atoms with Crippen LogP contribution in [-0.2, 0) is 15.3 Å². The summed E-state index contributed by atoms with van der Waals surface area (Å²) in [6.45, 7) is 3.55. The predicted octanol–water partition coefficient (Wildman–Crippen LogP) is 3.38. The molecule has 0 radical (unpaired) electrons. The molecule has 2 unspecified atom stereocenters. The third-order valence-corrected chi connectivity index (χ3v) is 5.59. The van der Waals surface area contributed by atoms with Crippen LogP contribution in [0.5, 0.6) is 0 Å². The fourth-order valence-corrected chi connectivity index (χ4v) is 4.21. The molecule has 0 fully saturated rings. The van der Waals surface area contributed by atoms with E-state index in [1.54, 1.807) is 43.3 Å². The highest BCUT2D eigenvalue weighted by Crippen LogP contribution is 2.48. The Morgan fingerprint density at radius 3 is 2.35 bits per heavy atom. The molecule has 1 aromatic heterocycles. The van der Waals surface area contributed by atoms with Crippen LogP contribution in [0.2, 0.25) is 0 Å². The third kappa shape index (κ3) is 3.46. The van der Waals surface area contributed by atoms with Gasteiger partial charge in [0.05, 0.1) is 23.4 Å². The Bertz CT molecular complexity index is 879. The van der Waals surface area contributed by atoms with E-state index in [2.05, 4.69) is 4.98 Å². The highest BCUT2D eigenvalue weighted by molar-refractivity contribution is 7.52. The summed E-state index contributed by atoms with van der Waals surface area (Å²) in [5.74, 6) is -0.942. The Morgan fingerprint density at radius 2 is 1.77 bits per heavy atom. The van der Waals surface area contributed by atoms with Crippen molar-refractivity contribution in [1.82, 2.24) is 4.98 Å².